The Morgan fingerprint density at radius 1 is 1.10 bits per heavy atom. The molecule has 1 N–H and O–H groups in total. The van der Waals surface area contributed by atoms with Crippen molar-refractivity contribution in [2.75, 3.05) is 7.05 Å². The molecule has 5 nitrogen and oxygen atoms in total. The number of hydrogen-bond donors (Lipinski definition) is 1. The van der Waals surface area contributed by atoms with Crippen molar-refractivity contribution >= 4 is 6.09 Å². The average molecular weight is 402 g/mol. The minimum Gasteiger partial charge on any atom is -0.507 e. The number of hydrogen-bond acceptors (Lipinski definition) is 4. The van der Waals surface area contributed by atoms with Crippen LogP contribution in [-0.2, 0) is 12.7 Å². The minimum atomic E-state index is -4.52. The zero-order chi connectivity index (χ0) is 21.0. The lowest BCUT2D eigenvalue weighted by molar-refractivity contribution is -0.137. The van der Waals surface area contributed by atoms with Gasteiger partial charge in [0.15, 0.2) is 0 Å². The van der Waals surface area contributed by atoms with Crippen molar-refractivity contribution < 1.29 is 27.8 Å². The summed E-state index contributed by atoms with van der Waals surface area (Å²) in [6, 6.07) is 14.2. The van der Waals surface area contributed by atoms with Crippen LogP contribution in [0.1, 0.15) is 11.1 Å². The first-order valence-electron chi connectivity index (χ1n) is 8.57. The van der Waals surface area contributed by atoms with Gasteiger partial charge < -0.3 is 14.7 Å². The number of phenols is 1. The second-order valence-electron chi connectivity index (χ2n) is 6.32. The highest BCUT2D eigenvalue weighted by molar-refractivity contribution is 5.72. The molecule has 3 aromatic rings. The van der Waals surface area contributed by atoms with Crippen LogP contribution in [0.5, 0.6) is 11.6 Å². The van der Waals surface area contributed by atoms with Crippen LogP contribution >= 0.6 is 0 Å². The van der Waals surface area contributed by atoms with Gasteiger partial charge in [0.2, 0.25) is 5.88 Å². The van der Waals surface area contributed by atoms with Crippen molar-refractivity contribution in [1.29, 1.82) is 0 Å². The normalized spacial score (nSPS) is 11.2. The molecule has 3 rings (SSSR count). The van der Waals surface area contributed by atoms with Crippen molar-refractivity contribution in [3.8, 4) is 22.8 Å². The van der Waals surface area contributed by atoms with E-state index in [0.717, 1.165) is 18.2 Å². The quantitative estimate of drug-likeness (QED) is 0.659. The van der Waals surface area contributed by atoms with Crippen molar-refractivity contribution in [3.63, 3.8) is 0 Å². The number of aromatic nitrogens is 1. The lowest BCUT2D eigenvalue weighted by Crippen LogP contribution is -2.29. The summed E-state index contributed by atoms with van der Waals surface area (Å²) in [7, 11) is 1.53. The molecule has 0 atom stereocenters. The Bertz CT molecular complexity index is 1010. The predicted octanol–water partition coefficient (Wildman–Crippen LogP) is 5.10. The van der Waals surface area contributed by atoms with E-state index in [0.29, 0.717) is 11.1 Å². The van der Waals surface area contributed by atoms with Gasteiger partial charge in [-0.2, -0.15) is 13.2 Å². The van der Waals surface area contributed by atoms with Gasteiger partial charge in [0.25, 0.3) is 0 Å². The number of alkyl halides is 3. The third kappa shape index (κ3) is 5.04. The molecular formula is C21H17F3N2O3. The molecule has 8 heteroatoms. The maximum Gasteiger partial charge on any atom is 0.416 e. The first-order valence-corrected chi connectivity index (χ1v) is 8.57. The van der Waals surface area contributed by atoms with Gasteiger partial charge in [0.05, 0.1) is 5.56 Å². The van der Waals surface area contributed by atoms with Gasteiger partial charge in [-0.25, -0.2) is 9.78 Å². The summed E-state index contributed by atoms with van der Waals surface area (Å²) in [5.74, 6) is -0.106. The highest BCUT2D eigenvalue weighted by atomic mass is 19.4. The topological polar surface area (TPSA) is 62.7 Å². The molecule has 0 bridgehead atoms. The van der Waals surface area contributed by atoms with Crippen molar-refractivity contribution in [2.24, 2.45) is 0 Å². The summed E-state index contributed by atoms with van der Waals surface area (Å²) >= 11 is 0. The van der Waals surface area contributed by atoms with Gasteiger partial charge in [0.1, 0.15) is 5.75 Å². The maximum absolute atomic E-state index is 13.0. The SMILES string of the molecule is CN(Cc1cccc(-c2cc(C(F)(F)F)ccc2O)c1)C(=O)Oc1ccccn1. The van der Waals surface area contributed by atoms with Crippen molar-refractivity contribution in [3.05, 3.63) is 78.0 Å². The van der Waals surface area contributed by atoms with Gasteiger partial charge >= 0.3 is 12.3 Å². The van der Waals surface area contributed by atoms with Gasteiger partial charge in [-0.3, -0.25) is 0 Å². The number of halogens is 3. The Balaban J connectivity index is 1.79. The largest absolute Gasteiger partial charge is 0.507 e. The first kappa shape index (κ1) is 20.2. The molecule has 1 aromatic heterocycles. The number of carbonyl (C=O) groups excluding carboxylic acids is 1. The molecule has 0 spiro atoms. The highest BCUT2D eigenvalue weighted by Crippen LogP contribution is 2.36. The number of phenolic OH excluding ortho intramolecular Hbond substituents is 1. The van der Waals surface area contributed by atoms with E-state index >= 15 is 0 Å². The number of aromatic hydroxyl groups is 1. The van der Waals surface area contributed by atoms with Crippen LogP contribution in [0.2, 0.25) is 0 Å². The molecule has 1 heterocycles. The molecule has 0 aliphatic heterocycles. The summed E-state index contributed by atoms with van der Waals surface area (Å²) in [6.07, 6.45) is -3.65. The van der Waals surface area contributed by atoms with Gasteiger partial charge in [-0.05, 0) is 41.5 Å². The molecule has 150 valence electrons. The van der Waals surface area contributed by atoms with Gasteiger partial charge in [0, 0.05) is 31.4 Å². The van der Waals surface area contributed by atoms with Crippen LogP contribution in [0, 0.1) is 0 Å². The molecule has 0 saturated heterocycles. The third-order valence-electron chi connectivity index (χ3n) is 4.12. The molecule has 0 unspecified atom stereocenters. The van der Waals surface area contributed by atoms with E-state index < -0.39 is 17.8 Å². The minimum absolute atomic E-state index is 0.0559. The van der Waals surface area contributed by atoms with Gasteiger partial charge in [-0.15, -0.1) is 0 Å². The van der Waals surface area contributed by atoms with E-state index in [4.69, 9.17) is 4.74 Å². The molecule has 0 radical (unpaired) electrons. The number of ether oxygens (including phenoxy) is 1. The number of benzene rings is 2. The lowest BCUT2D eigenvalue weighted by Gasteiger charge is -2.17. The summed E-state index contributed by atoms with van der Waals surface area (Å²) < 4.78 is 44.1. The Kier molecular flexibility index (Phi) is 5.72. The molecule has 0 aliphatic carbocycles. The Labute approximate surface area is 165 Å². The first-order chi connectivity index (χ1) is 13.7. The highest BCUT2D eigenvalue weighted by Gasteiger charge is 2.31. The third-order valence-corrected chi connectivity index (χ3v) is 4.12. The van der Waals surface area contributed by atoms with E-state index in [1.165, 1.54) is 18.1 Å². The summed E-state index contributed by atoms with van der Waals surface area (Å²) in [5, 5.41) is 10.0. The summed E-state index contributed by atoms with van der Waals surface area (Å²) in [6.45, 7) is 0.152. The predicted molar refractivity (Wildman–Crippen MR) is 100 cm³/mol. The smallest absolute Gasteiger partial charge is 0.416 e. The monoisotopic (exact) mass is 402 g/mol. The molecule has 2 aromatic carbocycles. The van der Waals surface area contributed by atoms with Crippen LogP contribution in [0.3, 0.4) is 0 Å². The Morgan fingerprint density at radius 3 is 2.59 bits per heavy atom. The van der Waals surface area contributed by atoms with E-state index in [2.05, 4.69) is 4.98 Å². The fourth-order valence-electron chi connectivity index (χ4n) is 2.69. The molecule has 0 saturated carbocycles. The van der Waals surface area contributed by atoms with E-state index in [1.807, 2.05) is 0 Å². The van der Waals surface area contributed by atoms with E-state index in [9.17, 15) is 23.1 Å². The second-order valence-corrected chi connectivity index (χ2v) is 6.32. The summed E-state index contributed by atoms with van der Waals surface area (Å²) in [5.41, 5.74) is 0.254. The standard InChI is InChI=1S/C21H17F3N2O3/c1-26(20(28)29-19-7-2-3-10-25-19)13-14-5-4-6-15(11-14)17-12-16(21(22,23)24)8-9-18(17)27/h2-12,27H,13H2,1H3. The lowest BCUT2D eigenvalue weighted by atomic mass is 9.99. The van der Waals surface area contributed by atoms with Crippen molar-refractivity contribution in [1.82, 2.24) is 9.88 Å². The number of amides is 1. The fraction of sp³-hybridized carbons (Fsp3) is 0.143. The van der Waals surface area contributed by atoms with Crippen LogP contribution in [0.25, 0.3) is 11.1 Å². The molecule has 29 heavy (non-hydrogen) atoms. The Morgan fingerprint density at radius 2 is 1.90 bits per heavy atom. The van der Waals surface area contributed by atoms with Gasteiger partial charge in [-0.1, -0.05) is 24.3 Å². The zero-order valence-electron chi connectivity index (χ0n) is 15.3. The second kappa shape index (κ2) is 8.22. The van der Waals surface area contributed by atoms with E-state index in [-0.39, 0.29) is 23.7 Å². The van der Waals surface area contributed by atoms with Crippen molar-refractivity contribution in [2.45, 2.75) is 12.7 Å². The van der Waals surface area contributed by atoms with Crippen LogP contribution in [0.15, 0.2) is 66.9 Å². The van der Waals surface area contributed by atoms with Crippen LogP contribution in [0.4, 0.5) is 18.0 Å². The molecular weight excluding hydrogens is 385 g/mol. The average Bonchev–Trinajstić information content (AvgIpc) is 2.68. The number of nitrogens with zero attached hydrogens (tertiary/aromatic N) is 2. The number of carbonyl (C=O) groups is 1. The zero-order valence-corrected chi connectivity index (χ0v) is 15.3. The molecule has 0 aliphatic rings. The van der Waals surface area contributed by atoms with Crippen LogP contribution in [-0.4, -0.2) is 28.1 Å². The summed E-state index contributed by atoms with van der Waals surface area (Å²) in [4.78, 5) is 17.4. The number of rotatable bonds is 4. The maximum atomic E-state index is 13.0. The molecule has 1 amide bonds. The molecule has 0 fully saturated rings. The number of pyridine rings is 1. The fourth-order valence-corrected chi connectivity index (χ4v) is 2.69. The van der Waals surface area contributed by atoms with Crippen LogP contribution < -0.4 is 4.74 Å². The van der Waals surface area contributed by atoms with E-state index in [1.54, 1.807) is 42.5 Å². The Hall–Kier alpha value is -3.55.